The van der Waals surface area contributed by atoms with E-state index in [1.54, 1.807) is 0 Å². The Bertz CT molecular complexity index is 2670. The summed E-state index contributed by atoms with van der Waals surface area (Å²) in [6, 6.07) is 43.5. The van der Waals surface area contributed by atoms with Crippen LogP contribution in [0.4, 0.5) is 0 Å². The monoisotopic (exact) mass is 812 g/mol. The topological polar surface area (TPSA) is 44.9 Å². The first-order chi connectivity index (χ1) is 25.9. The average molecular weight is 813 g/mol. The predicted octanol–water partition coefficient (Wildman–Crippen LogP) is 12.7. The number of aryl methyl sites for hydroxylation is 4. The Morgan fingerprint density at radius 3 is 2.13 bits per heavy atom. The molecule has 6 heteroatoms. The number of pyridine rings is 1. The van der Waals surface area contributed by atoms with Crippen molar-refractivity contribution in [2.24, 2.45) is 0 Å². The summed E-state index contributed by atoms with van der Waals surface area (Å²) in [5.41, 5.74) is 14.2. The molecule has 8 aromatic rings. The van der Waals surface area contributed by atoms with E-state index >= 15 is 0 Å². The van der Waals surface area contributed by atoms with Gasteiger partial charge in [-0.25, -0.2) is 4.98 Å². The van der Waals surface area contributed by atoms with E-state index in [9.17, 15) is 0 Å². The minimum absolute atomic E-state index is 0. The van der Waals surface area contributed by atoms with Crippen LogP contribution in [0.15, 0.2) is 109 Å². The summed E-state index contributed by atoms with van der Waals surface area (Å²) >= 11 is 0. The Balaban J connectivity index is 0.00000465. The van der Waals surface area contributed by atoms with E-state index in [2.05, 4.69) is 181 Å². The van der Waals surface area contributed by atoms with Crippen LogP contribution in [0.1, 0.15) is 74.0 Å². The fraction of sp³-hybridized carbons (Fsp3) is 0.224. The zero-order chi connectivity index (χ0) is 37.9. The van der Waals surface area contributed by atoms with Crippen molar-refractivity contribution in [3.63, 3.8) is 0 Å². The van der Waals surface area contributed by atoms with E-state index in [1.807, 2.05) is 12.3 Å². The first-order valence-electron chi connectivity index (χ1n) is 18.8. The van der Waals surface area contributed by atoms with E-state index in [-0.39, 0.29) is 25.8 Å². The molecule has 0 saturated heterocycles. The molecule has 0 radical (unpaired) electrons. The SMILES string of the molecule is Cc1cc(C)c(-c2c(C)nn(-c3[c-]c(Oc4[c-]c5c(cc4)c4ccccc4n5-c4cc(C(C)C)ccn4)cc(C(C)(C)C)c3)c2-c2ccccc2)c(C)c1.[Pd+2]. The van der Waals surface area contributed by atoms with Crippen molar-refractivity contribution in [2.45, 2.75) is 73.6 Å². The van der Waals surface area contributed by atoms with Gasteiger partial charge in [-0.3, -0.25) is 4.68 Å². The molecule has 8 rings (SSSR count). The molecule has 5 nitrogen and oxygen atoms in total. The van der Waals surface area contributed by atoms with Crippen molar-refractivity contribution in [3.05, 3.63) is 155 Å². The normalized spacial score (nSPS) is 11.7. The van der Waals surface area contributed by atoms with Gasteiger partial charge in [0.25, 0.3) is 0 Å². The van der Waals surface area contributed by atoms with Gasteiger partial charge in [-0.2, -0.15) is 11.2 Å². The Labute approximate surface area is 338 Å². The summed E-state index contributed by atoms with van der Waals surface area (Å²) in [4.78, 5) is 4.83. The summed E-state index contributed by atoms with van der Waals surface area (Å²) in [6.45, 7) is 19.7. The van der Waals surface area contributed by atoms with Crippen molar-refractivity contribution in [1.29, 1.82) is 0 Å². The van der Waals surface area contributed by atoms with Crippen molar-refractivity contribution in [2.75, 3.05) is 0 Å². The van der Waals surface area contributed by atoms with Crippen LogP contribution in [0.2, 0.25) is 0 Å². The zero-order valence-electron chi connectivity index (χ0n) is 33.0. The number of rotatable bonds is 7. The third-order valence-electron chi connectivity index (χ3n) is 10.4. The maximum atomic E-state index is 6.77. The van der Waals surface area contributed by atoms with Crippen LogP contribution in [0.3, 0.4) is 0 Å². The number of benzene rings is 5. The molecule has 278 valence electrons. The third-order valence-corrected chi connectivity index (χ3v) is 10.4. The molecule has 0 unspecified atom stereocenters. The van der Waals surface area contributed by atoms with Crippen molar-refractivity contribution in [3.8, 4) is 45.4 Å². The van der Waals surface area contributed by atoms with Crippen LogP contribution >= 0.6 is 0 Å². The van der Waals surface area contributed by atoms with Crippen molar-refractivity contribution in [1.82, 2.24) is 19.3 Å². The van der Waals surface area contributed by atoms with Crippen LogP contribution in [0, 0.1) is 39.8 Å². The third kappa shape index (κ3) is 7.06. The fourth-order valence-corrected chi connectivity index (χ4v) is 7.77. The molecule has 0 aliphatic carbocycles. The predicted molar refractivity (Wildman–Crippen MR) is 222 cm³/mol. The van der Waals surface area contributed by atoms with Crippen LogP contribution < -0.4 is 4.74 Å². The molecular formula is C49H46N4OPd. The molecule has 55 heavy (non-hydrogen) atoms. The van der Waals surface area contributed by atoms with Crippen LogP contribution in [-0.4, -0.2) is 19.3 Å². The molecule has 0 fully saturated rings. The van der Waals surface area contributed by atoms with Gasteiger partial charge in [0.2, 0.25) is 0 Å². The second-order valence-electron chi connectivity index (χ2n) is 15.9. The standard InChI is InChI=1S/C49H46N4O.Pd/c1-30(2)36-21-22-50-45(25-36)52-43-18-14-13-17-41(43)42-20-19-39(29-44(42)52)54-40-27-37(49(7,8)9)26-38(28-40)53-48(35-15-11-10-12-16-35)47(34(6)51-53)46-32(4)23-31(3)24-33(46)5;/h10-27,30H,1-9H3;/q-2;+2. The molecule has 3 aromatic heterocycles. The molecule has 3 heterocycles. The maximum absolute atomic E-state index is 6.77. The van der Waals surface area contributed by atoms with E-state index in [0.29, 0.717) is 17.4 Å². The van der Waals surface area contributed by atoms with E-state index in [1.165, 1.54) is 27.8 Å². The molecule has 0 N–H and O–H groups in total. The van der Waals surface area contributed by atoms with Gasteiger partial charge in [-0.05, 0) is 90.6 Å². The van der Waals surface area contributed by atoms with Gasteiger partial charge >= 0.3 is 20.4 Å². The van der Waals surface area contributed by atoms with Crippen molar-refractivity contribution >= 4 is 21.8 Å². The van der Waals surface area contributed by atoms with E-state index < -0.39 is 0 Å². The van der Waals surface area contributed by atoms with Crippen LogP contribution in [0.25, 0.3) is 55.7 Å². The molecule has 0 saturated carbocycles. The Morgan fingerprint density at radius 2 is 1.42 bits per heavy atom. The van der Waals surface area contributed by atoms with Gasteiger partial charge in [0.15, 0.2) is 0 Å². The first kappa shape index (κ1) is 38.0. The number of nitrogens with zero attached hydrogens (tertiary/aromatic N) is 4. The smallest absolute Gasteiger partial charge is 0.509 e. The summed E-state index contributed by atoms with van der Waals surface area (Å²) < 4.78 is 11.0. The number of aromatic nitrogens is 4. The molecule has 0 aliphatic heterocycles. The van der Waals surface area contributed by atoms with Crippen LogP contribution in [-0.2, 0) is 25.8 Å². The minimum atomic E-state index is -0.169. The largest absolute Gasteiger partial charge is 2.00 e. The summed E-state index contributed by atoms with van der Waals surface area (Å²) in [5, 5.41) is 7.49. The summed E-state index contributed by atoms with van der Waals surface area (Å²) in [5.74, 6) is 2.45. The fourth-order valence-electron chi connectivity index (χ4n) is 7.77. The van der Waals surface area contributed by atoms with Gasteiger partial charge in [-0.15, -0.1) is 41.3 Å². The van der Waals surface area contributed by atoms with Gasteiger partial charge in [-0.1, -0.05) is 106 Å². The van der Waals surface area contributed by atoms with Crippen molar-refractivity contribution < 1.29 is 25.2 Å². The van der Waals surface area contributed by atoms with Gasteiger partial charge < -0.3 is 9.30 Å². The van der Waals surface area contributed by atoms with E-state index in [0.717, 1.165) is 61.4 Å². The molecular weight excluding hydrogens is 767 g/mol. The van der Waals surface area contributed by atoms with Gasteiger partial charge in [0, 0.05) is 34.3 Å². The Hall–Kier alpha value is -5.28. The van der Waals surface area contributed by atoms with Gasteiger partial charge in [0.1, 0.15) is 5.82 Å². The number of hydrogen-bond acceptors (Lipinski definition) is 3. The second kappa shape index (κ2) is 14.8. The quantitative estimate of drug-likeness (QED) is 0.119. The average Bonchev–Trinajstić information content (AvgIpc) is 3.65. The molecule has 5 aromatic carbocycles. The van der Waals surface area contributed by atoms with Crippen LogP contribution in [0.5, 0.6) is 11.5 Å². The Kier molecular flexibility index (Phi) is 10.2. The second-order valence-corrected chi connectivity index (χ2v) is 15.9. The number of fused-ring (bicyclic) bond motifs is 3. The molecule has 0 amide bonds. The Morgan fingerprint density at radius 1 is 0.709 bits per heavy atom. The maximum Gasteiger partial charge on any atom is 2.00 e. The zero-order valence-corrected chi connectivity index (χ0v) is 34.5. The molecule has 0 spiro atoms. The number of para-hydroxylation sites is 1. The molecule has 0 atom stereocenters. The number of hydrogen-bond donors (Lipinski definition) is 0. The summed E-state index contributed by atoms with van der Waals surface area (Å²) in [6.07, 6.45) is 1.90. The number of ether oxygens (including phenoxy) is 1. The summed E-state index contributed by atoms with van der Waals surface area (Å²) in [7, 11) is 0. The van der Waals surface area contributed by atoms with E-state index in [4.69, 9.17) is 14.8 Å². The van der Waals surface area contributed by atoms with Gasteiger partial charge in [0.05, 0.1) is 11.4 Å². The molecule has 0 aliphatic rings. The molecule has 0 bridgehead atoms. The minimum Gasteiger partial charge on any atom is -0.509 e. The first-order valence-corrected chi connectivity index (χ1v) is 18.8.